The molecular formula is C35H64O6. The minimum Gasteiger partial charge on any atom is -0.455 e. The number of ether oxygens (including phenoxy) is 2. The van der Waals surface area contributed by atoms with E-state index >= 15 is 0 Å². The molecule has 3 N–H and O–H groups in total. The van der Waals surface area contributed by atoms with Gasteiger partial charge in [0.15, 0.2) is 0 Å². The van der Waals surface area contributed by atoms with Crippen molar-refractivity contribution in [3.8, 4) is 0 Å². The lowest BCUT2D eigenvalue weighted by Gasteiger charge is -2.22. The fraction of sp³-hybridized carbons (Fsp3) is 0.914. The Morgan fingerprint density at radius 1 is 0.683 bits per heavy atom. The topological polar surface area (TPSA) is 96.2 Å². The predicted octanol–water partition coefficient (Wildman–Crippen LogP) is 8.09. The molecule has 0 aromatic heterocycles. The molecule has 0 radical (unpaired) electrons. The van der Waals surface area contributed by atoms with E-state index in [0.29, 0.717) is 0 Å². The highest BCUT2D eigenvalue weighted by Crippen LogP contribution is 2.28. The normalized spacial score (nSPS) is 23.0. The van der Waals surface area contributed by atoms with Crippen LogP contribution < -0.4 is 0 Å². The molecule has 4 unspecified atom stereocenters. The van der Waals surface area contributed by atoms with Gasteiger partial charge in [-0.1, -0.05) is 110 Å². The smallest absolute Gasteiger partial charge is 0.334 e. The molecule has 1 saturated heterocycles. The van der Waals surface area contributed by atoms with E-state index in [1.54, 1.807) is 0 Å². The maximum atomic E-state index is 11.6. The number of hydrogen-bond donors (Lipinski definition) is 3. The Balaban J connectivity index is 1.39. The van der Waals surface area contributed by atoms with Gasteiger partial charge in [0.05, 0.1) is 30.5 Å². The molecule has 6 nitrogen and oxygen atoms in total. The SMILES string of the molecule is CCCCCCCCCCCCC(O)[C@H]1CC[C@H](C(O)CCCCCC(O)CCCCCCC2=CC(C)OC2=O)O1. The summed E-state index contributed by atoms with van der Waals surface area (Å²) in [6, 6.07) is 0. The van der Waals surface area contributed by atoms with Crippen LogP contribution in [0.25, 0.3) is 0 Å². The second-order valence-electron chi connectivity index (χ2n) is 12.9. The van der Waals surface area contributed by atoms with Crippen LogP contribution in [0.3, 0.4) is 0 Å². The van der Waals surface area contributed by atoms with Crippen molar-refractivity contribution in [2.45, 2.75) is 205 Å². The number of carbonyl (C=O) groups is 1. The Morgan fingerprint density at radius 3 is 1.61 bits per heavy atom. The lowest BCUT2D eigenvalue weighted by Crippen LogP contribution is -2.31. The molecule has 0 saturated carbocycles. The van der Waals surface area contributed by atoms with Crippen LogP contribution in [0, 0.1) is 0 Å². The van der Waals surface area contributed by atoms with Crippen LogP contribution in [-0.4, -0.2) is 57.9 Å². The number of cyclic esters (lactones) is 1. The van der Waals surface area contributed by atoms with Gasteiger partial charge in [0.2, 0.25) is 0 Å². The molecular weight excluding hydrogens is 516 g/mol. The molecule has 0 aromatic carbocycles. The van der Waals surface area contributed by atoms with Gasteiger partial charge in [-0.2, -0.15) is 0 Å². The zero-order valence-electron chi connectivity index (χ0n) is 26.6. The number of aliphatic hydroxyl groups is 3. The van der Waals surface area contributed by atoms with Crippen molar-refractivity contribution >= 4 is 5.97 Å². The van der Waals surface area contributed by atoms with Crippen LogP contribution in [0.4, 0.5) is 0 Å². The zero-order chi connectivity index (χ0) is 29.7. The molecule has 2 aliphatic heterocycles. The van der Waals surface area contributed by atoms with Gasteiger partial charge in [0, 0.05) is 5.57 Å². The van der Waals surface area contributed by atoms with Gasteiger partial charge in [0.25, 0.3) is 0 Å². The third kappa shape index (κ3) is 16.5. The predicted molar refractivity (Wildman–Crippen MR) is 167 cm³/mol. The summed E-state index contributed by atoms with van der Waals surface area (Å²) >= 11 is 0. The molecule has 0 aromatic rings. The van der Waals surface area contributed by atoms with Crippen molar-refractivity contribution in [2.24, 2.45) is 0 Å². The molecule has 2 aliphatic rings. The van der Waals surface area contributed by atoms with Gasteiger partial charge < -0.3 is 24.8 Å². The van der Waals surface area contributed by atoms with Crippen molar-refractivity contribution < 1.29 is 29.6 Å². The zero-order valence-corrected chi connectivity index (χ0v) is 26.6. The van der Waals surface area contributed by atoms with Gasteiger partial charge in [-0.15, -0.1) is 0 Å². The third-order valence-electron chi connectivity index (χ3n) is 9.06. The summed E-state index contributed by atoms with van der Waals surface area (Å²) in [6.45, 7) is 4.15. The highest BCUT2D eigenvalue weighted by atomic mass is 16.5. The van der Waals surface area contributed by atoms with E-state index < -0.39 is 12.2 Å². The summed E-state index contributed by atoms with van der Waals surface area (Å²) in [5.74, 6) is -0.158. The van der Waals surface area contributed by atoms with E-state index in [1.807, 2.05) is 13.0 Å². The maximum absolute atomic E-state index is 11.6. The quantitative estimate of drug-likeness (QED) is 0.0707. The van der Waals surface area contributed by atoms with Gasteiger partial charge in [-0.25, -0.2) is 4.79 Å². The molecule has 0 bridgehead atoms. The Hall–Kier alpha value is -0.950. The minimum atomic E-state index is -0.459. The molecule has 2 rings (SSSR count). The molecule has 0 spiro atoms. The number of esters is 1. The van der Waals surface area contributed by atoms with E-state index in [1.165, 1.54) is 57.8 Å². The van der Waals surface area contributed by atoms with Crippen LogP contribution in [-0.2, 0) is 14.3 Å². The van der Waals surface area contributed by atoms with Gasteiger partial charge in [-0.3, -0.25) is 0 Å². The highest BCUT2D eigenvalue weighted by molar-refractivity contribution is 5.90. The molecule has 240 valence electrons. The summed E-state index contributed by atoms with van der Waals surface area (Å²) in [4.78, 5) is 11.6. The number of hydrogen-bond acceptors (Lipinski definition) is 6. The Morgan fingerprint density at radius 2 is 1.12 bits per heavy atom. The Bertz CT molecular complexity index is 694. The first kappa shape index (κ1) is 36.2. The maximum Gasteiger partial charge on any atom is 0.334 e. The first-order valence-corrected chi connectivity index (χ1v) is 17.5. The van der Waals surface area contributed by atoms with Crippen molar-refractivity contribution in [3.63, 3.8) is 0 Å². The van der Waals surface area contributed by atoms with Crippen molar-refractivity contribution in [1.29, 1.82) is 0 Å². The second kappa shape index (κ2) is 22.6. The fourth-order valence-electron chi connectivity index (χ4n) is 6.39. The molecule has 1 fully saturated rings. The van der Waals surface area contributed by atoms with E-state index in [-0.39, 0.29) is 30.4 Å². The van der Waals surface area contributed by atoms with Crippen LogP contribution in [0.15, 0.2) is 11.6 Å². The van der Waals surface area contributed by atoms with Crippen LogP contribution in [0.5, 0.6) is 0 Å². The van der Waals surface area contributed by atoms with E-state index in [9.17, 15) is 20.1 Å². The number of aliphatic hydroxyl groups excluding tert-OH is 3. The lowest BCUT2D eigenvalue weighted by molar-refractivity contribution is -0.139. The number of unbranched alkanes of at least 4 members (excludes halogenated alkanes) is 14. The van der Waals surface area contributed by atoms with Crippen LogP contribution in [0.2, 0.25) is 0 Å². The van der Waals surface area contributed by atoms with E-state index in [4.69, 9.17) is 9.47 Å². The Labute approximate surface area is 251 Å². The largest absolute Gasteiger partial charge is 0.455 e. The summed E-state index contributed by atoms with van der Waals surface area (Å²) in [5.41, 5.74) is 0.819. The van der Waals surface area contributed by atoms with E-state index in [0.717, 1.165) is 102 Å². The molecule has 2 heterocycles. The van der Waals surface area contributed by atoms with Gasteiger partial charge >= 0.3 is 5.97 Å². The highest BCUT2D eigenvalue weighted by Gasteiger charge is 2.34. The lowest BCUT2D eigenvalue weighted by atomic mass is 9.99. The first-order chi connectivity index (χ1) is 19.9. The average Bonchev–Trinajstić information content (AvgIpc) is 3.57. The monoisotopic (exact) mass is 580 g/mol. The van der Waals surface area contributed by atoms with Crippen molar-refractivity contribution in [2.75, 3.05) is 0 Å². The summed E-state index contributed by atoms with van der Waals surface area (Å²) in [5, 5.41) is 31.5. The summed E-state index contributed by atoms with van der Waals surface area (Å²) < 4.78 is 11.2. The van der Waals surface area contributed by atoms with Gasteiger partial charge in [0.1, 0.15) is 6.10 Å². The standard InChI is InChI=1S/C35H64O6/c1-3-4-5-6-7-8-9-10-11-18-23-31(37)33-25-26-34(41-33)32(38)24-19-14-17-22-30(36)21-16-13-12-15-20-29-27-28(2)40-35(29)39/h27-28,30-34,36-38H,3-26H2,1-2H3/t28?,30?,31?,32?,33-,34-/m1/s1. The fourth-order valence-corrected chi connectivity index (χ4v) is 6.39. The minimum absolute atomic E-state index is 0.0812. The second-order valence-corrected chi connectivity index (χ2v) is 12.9. The molecule has 6 atom stereocenters. The number of carbonyl (C=O) groups excluding carboxylic acids is 1. The first-order valence-electron chi connectivity index (χ1n) is 17.5. The third-order valence-corrected chi connectivity index (χ3v) is 9.06. The van der Waals surface area contributed by atoms with Crippen molar-refractivity contribution in [3.05, 3.63) is 11.6 Å². The molecule has 0 amide bonds. The average molecular weight is 581 g/mol. The van der Waals surface area contributed by atoms with Crippen LogP contribution >= 0.6 is 0 Å². The molecule has 41 heavy (non-hydrogen) atoms. The van der Waals surface area contributed by atoms with Crippen LogP contribution in [0.1, 0.15) is 168 Å². The summed E-state index contributed by atoms with van der Waals surface area (Å²) in [6.07, 6.45) is 26.2. The Kier molecular flexibility index (Phi) is 20.0. The van der Waals surface area contributed by atoms with E-state index in [2.05, 4.69) is 6.92 Å². The molecule has 6 heteroatoms. The number of rotatable bonds is 26. The van der Waals surface area contributed by atoms with Gasteiger partial charge in [-0.05, 0) is 64.4 Å². The molecule has 0 aliphatic carbocycles. The van der Waals surface area contributed by atoms with Crippen molar-refractivity contribution in [1.82, 2.24) is 0 Å². The summed E-state index contributed by atoms with van der Waals surface area (Å²) in [7, 11) is 0.